The molecule has 1 aliphatic carbocycles. The number of carbonyl (C=O) groups excluding carboxylic acids is 2. The Morgan fingerprint density at radius 2 is 1.90 bits per heavy atom. The fourth-order valence-electron chi connectivity index (χ4n) is 3.57. The third-order valence-corrected chi connectivity index (χ3v) is 5.41. The molecule has 21 heavy (non-hydrogen) atoms. The molecule has 4 nitrogen and oxygen atoms in total. The van der Waals surface area contributed by atoms with Crippen LogP contribution in [-0.4, -0.2) is 35.3 Å². The monoisotopic (exact) mass is 294 g/mol. The molecule has 0 bridgehead atoms. The lowest BCUT2D eigenvalue weighted by atomic mass is 9.86. The molecule has 1 heterocycles. The standard InChI is InChI=1S/C17H30N2O2/c1-4-12(2)15-17(21)19(13(3)16(20)18-15)11-10-14-8-6-5-7-9-14/h12-15H,4-11H2,1-3H3,(H,18,20). The van der Waals surface area contributed by atoms with E-state index in [-0.39, 0.29) is 29.8 Å². The van der Waals surface area contributed by atoms with E-state index in [0.29, 0.717) is 0 Å². The third kappa shape index (κ3) is 3.78. The fraction of sp³-hybridized carbons (Fsp3) is 0.882. The predicted molar refractivity (Wildman–Crippen MR) is 83.8 cm³/mol. The van der Waals surface area contributed by atoms with Gasteiger partial charge in [-0.2, -0.15) is 0 Å². The zero-order valence-electron chi connectivity index (χ0n) is 13.7. The molecule has 0 aromatic rings. The molecule has 1 saturated heterocycles. The van der Waals surface area contributed by atoms with Crippen molar-refractivity contribution in [2.75, 3.05) is 6.54 Å². The predicted octanol–water partition coefficient (Wildman–Crippen LogP) is 2.72. The molecule has 1 aliphatic heterocycles. The SMILES string of the molecule is CCC(C)C1NC(=O)C(C)N(CCC2CCCCC2)C1=O. The lowest BCUT2D eigenvalue weighted by Crippen LogP contribution is -2.64. The Kier molecular flexibility index (Phi) is 5.65. The first kappa shape index (κ1) is 16.3. The molecule has 0 radical (unpaired) electrons. The van der Waals surface area contributed by atoms with Crippen molar-refractivity contribution >= 4 is 11.8 Å². The van der Waals surface area contributed by atoms with Crippen molar-refractivity contribution < 1.29 is 9.59 Å². The van der Waals surface area contributed by atoms with Crippen LogP contribution >= 0.6 is 0 Å². The van der Waals surface area contributed by atoms with E-state index < -0.39 is 0 Å². The van der Waals surface area contributed by atoms with E-state index >= 15 is 0 Å². The second-order valence-corrected chi connectivity index (χ2v) is 6.87. The molecule has 0 aromatic heterocycles. The maximum atomic E-state index is 12.7. The number of nitrogens with one attached hydrogen (secondary N) is 1. The molecule has 1 saturated carbocycles. The zero-order valence-corrected chi connectivity index (χ0v) is 13.7. The maximum absolute atomic E-state index is 12.7. The maximum Gasteiger partial charge on any atom is 0.246 e. The van der Waals surface area contributed by atoms with Crippen LogP contribution in [0.4, 0.5) is 0 Å². The number of carbonyl (C=O) groups is 2. The number of amides is 2. The summed E-state index contributed by atoms with van der Waals surface area (Å²) in [5.74, 6) is 1.06. The zero-order chi connectivity index (χ0) is 15.4. The van der Waals surface area contributed by atoms with Crippen molar-refractivity contribution in [2.24, 2.45) is 11.8 Å². The van der Waals surface area contributed by atoms with Gasteiger partial charge in [0.2, 0.25) is 11.8 Å². The summed E-state index contributed by atoms with van der Waals surface area (Å²) in [6, 6.07) is -0.647. The van der Waals surface area contributed by atoms with E-state index in [0.717, 1.165) is 25.3 Å². The van der Waals surface area contributed by atoms with Gasteiger partial charge < -0.3 is 10.2 Å². The van der Waals surface area contributed by atoms with Gasteiger partial charge in [-0.05, 0) is 25.2 Å². The molecule has 0 spiro atoms. The van der Waals surface area contributed by atoms with Crippen LogP contribution in [0.3, 0.4) is 0 Å². The highest BCUT2D eigenvalue weighted by molar-refractivity contribution is 5.96. The van der Waals surface area contributed by atoms with Gasteiger partial charge in [0.15, 0.2) is 0 Å². The number of hydrogen-bond acceptors (Lipinski definition) is 2. The minimum Gasteiger partial charge on any atom is -0.342 e. The lowest BCUT2D eigenvalue weighted by molar-refractivity contribution is -0.150. The quantitative estimate of drug-likeness (QED) is 0.847. The fourth-order valence-corrected chi connectivity index (χ4v) is 3.57. The second-order valence-electron chi connectivity index (χ2n) is 6.87. The molecular weight excluding hydrogens is 264 g/mol. The Hall–Kier alpha value is -1.06. The molecule has 4 heteroatoms. The van der Waals surface area contributed by atoms with Gasteiger partial charge >= 0.3 is 0 Å². The average molecular weight is 294 g/mol. The summed E-state index contributed by atoms with van der Waals surface area (Å²) in [7, 11) is 0. The van der Waals surface area contributed by atoms with Gasteiger partial charge in [-0.3, -0.25) is 9.59 Å². The van der Waals surface area contributed by atoms with Crippen LogP contribution in [0, 0.1) is 11.8 Å². The molecule has 1 N–H and O–H groups in total. The highest BCUT2D eigenvalue weighted by Gasteiger charge is 2.39. The molecule has 2 fully saturated rings. The Morgan fingerprint density at radius 3 is 2.52 bits per heavy atom. The van der Waals surface area contributed by atoms with Crippen LogP contribution < -0.4 is 5.32 Å². The second kappa shape index (κ2) is 7.28. The van der Waals surface area contributed by atoms with E-state index in [1.165, 1.54) is 32.1 Å². The van der Waals surface area contributed by atoms with Crippen molar-refractivity contribution in [3.8, 4) is 0 Å². The lowest BCUT2D eigenvalue weighted by Gasteiger charge is -2.40. The molecular formula is C17H30N2O2. The van der Waals surface area contributed by atoms with Crippen LogP contribution in [0.1, 0.15) is 65.7 Å². The summed E-state index contributed by atoms with van der Waals surface area (Å²) in [6.45, 7) is 6.69. The molecule has 3 unspecified atom stereocenters. The number of piperazine rings is 1. The summed E-state index contributed by atoms with van der Waals surface area (Å²) in [5.41, 5.74) is 0. The van der Waals surface area contributed by atoms with Gasteiger partial charge in [0.25, 0.3) is 0 Å². The van der Waals surface area contributed by atoms with Gasteiger partial charge in [-0.15, -0.1) is 0 Å². The first-order chi connectivity index (χ1) is 10.0. The summed E-state index contributed by atoms with van der Waals surface area (Å²) < 4.78 is 0. The molecule has 2 amide bonds. The first-order valence-electron chi connectivity index (χ1n) is 8.65. The molecule has 2 aliphatic rings. The van der Waals surface area contributed by atoms with Crippen LogP contribution in [0.2, 0.25) is 0 Å². The first-order valence-corrected chi connectivity index (χ1v) is 8.65. The molecule has 3 atom stereocenters. The Morgan fingerprint density at radius 1 is 1.24 bits per heavy atom. The third-order valence-electron chi connectivity index (χ3n) is 5.41. The molecule has 0 aromatic carbocycles. The topological polar surface area (TPSA) is 49.4 Å². The van der Waals surface area contributed by atoms with Crippen LogP contribution in [0.15, 0.2) is 0 Å². The van der Waals surface area contributed by atoms with Crippen molar-refractivity contribution in [1.82, 2.24) is 10.2 Å². The Balaban J connectivity index is 1.97. The van der Waals surface area contributed by atoms with E-state index in [4.69, 9.17) is 0 Å². The van der Waals surface area contributed by atoms with Gasteiger partial charge in [0.05, 0.1) is 0 Å². The van der Waals surface area contributed by atoms with E-state index in [1.54, 1.807) is 0 Å². The van der Waals surface area contributed by atoms with Gasteiger partial charge in [0, 0.05) is 6.54 Å². The highest BCUT2D eigenvalue weighted by atomic mass is 16.2. The minimum atomic E-state index is -0.329. The van der Waals surface area contributed by atoms with Gasteiger partial charge in [0.1, 0.15) is 12.1 Å². The van der Waals surface area contributed by atoms with Gasteiger partial charge in [-0.1, -0.05) is 52.4 Å². The summed E-state index contributed by atoms with van der Waals surface area (Å²) in [6.07, 6.45) is 8.54. The largest absolute Gasteiger partial charge is 0.342 e. The van der Waals surface area contributed by atoms with E-state index in [1.807, 2.05) is 18.7 Å². The molecule has 120 valence electrons. The Labute approximate surface area is 128 Å². The number of nitrogens with zero attached hydrogens (tertiary/aromatic N) is 1. The average Bonchev–Trinajstić information content (AvgIpc) is 2.51. The number of rotatable bonds is 5. The highest BCUT2D eigenvalue weighted by Crippen LogP contribution is 2.27. The van der Waals surface area contributed by atoms with Crippen LogP contribution in [0.5, 0.6) is 0 Å². The summed E-state index contributed by atoms with van der Waals surface area (Å²) in [4.78, 5) is 26.6. The van der Waals surface area contributed by atoms with Crippen LogP contribution in [0.25, 0.3) is 0 Å². The van der Waals surface area contributed by atoms with Crippen molar-refractivity contribution in [2.45, 2.75) is 77.8 Å². The normalized spacial score (nSPS) is 29.4. The van der Waals surface area contributed by atoms with Crippen molar-refractivity contribution in [1.29, 1.82) is 0 Å². The Bertz CT molecular complexity index is 377. The van der Waals surface area contributed by atoms with Crippen LogP contribution in [-0.2, 0) is 9.59 Å². The van der Waals surface area contributed by atoms with Crippen molar-refractivity contribution in [3.05, 3.63) is 0 Å². The number of hydrogen-bond donors (Lipinski definition) is 1. The smallest absolute Gasteiger partial charge is 0.246 e. The minimum absolute atomic E-state index is 0.00328. The van der Waals surface area contributed by atoms with Gasteiger partial charge in [-0.25, -0.2) is 0 Å². The summed E-state index contributed by atoms with van der Waals surface area (Å²) >= 11 is 0. The van der Waals surface area contributed by atoms with E-state index in [9.17, 15) is 9.59 Å². The van der Waals surface area contributed by atoms with E-state index in [2.05, 4.69) is 12.2 Å². The van der Waals surface area contributed by atoms with Crippen molar-refractivity contribution in [3.63, 3.8) is 0 Å². The summed E-state index contributed by atoms with van der Waals surface area (Å²) in [5, 5.41) is 2.90. The molecule has 2 rings (SSSR count).